The highest BCUT2D eigenvalue weighted by Crippen LogP contribution is 2.23. The molecule has 1 aliphatic rings. The highest BCUT2D eigenvalue weighted by atomic mass is 19.1. The number of ether oxygens (including phenoxy) is 1. The highest BCUT2D eigenvalue weighted by Gasteiger charge is 2.16. The number of rotatable bonds is 8. The Hall–Kier alpha value is -2.29. The summed E-state index contributed by atoms with van der Waals surface area (Å²) in [5, 5.41) is 12.7. The third-order valence-corrected chi connectivity index (χ3v) is 4.37. The number of amides is 1. The third-order valence-electron chi connectivity index (χ3n) is 4.37. The predicted molar refractivity (Wildman–Crippen MR) is 96.5 cm³/mol. The number of morpholine rings is 1. The van der Waals surface area contributed by atoms with Crippen LogP contribution in [-0.4, -0.2) is 66.4 Å². The number of carbonyl (C=O) groups excluding carboxylic acids is 1. The summed E-state index contributed by atoms with van der Waals surface area (Å²) >= 11 is 0. The second-order valence-electron chi connectivity index (χ2n) is 6.47. The number of benzene rings is 1. The maximum Gasteiger partial charge on any atom is 0.220 e. The van der Waals surface area contributed by atoms with Crippen LogP contribution in [0.3, 0.4) is 0 Å². The Labute approximate surface area is 157 Å². The number of oxazole rings is 1. The van der Waals surface area contributed by atoms with Crippen LogP contribution in [0.1, 0.15) is 12.3 Å². The minimum Gasteiger partial charge on any atom is -0.441 e. The van der Waals surface area contributed by atoms with Gasteiger partial charge in [0.1, 0.15) is 5.82 Å². The summed E-state index contributed by atoms with van der Waals surface area (Å²) in [6, 6.07) is 6.29. The van der Waals surface area contributed by atoms with Gasteiger partial charge < -0.3 is 19.6 Å². The number of aliphatic hydroxyl groups excluding tert-OH is 1. The zero-order chi connectivity index (χ0) is 19.1. The van der Waals surface area contributed by atoms with E-state index in [1.807, 2.05) is 0 Å². The average Bonchev–Trinajstić information content (AvgIpc) is 3.15. The number of carbonyl (C=O) groups is 1. The van der Waals surface area contributed by atoms with Crippen LogP contribution >= 0.6 is 0 Å². The molecule has 2 heterocycles. The molecule has 1 aliphatic heterocycles. The molecule has 27 heavy (non-hydrogen) atoms. The number of aryl methyl sites for hydroxylation is 1. The Morgan fingerprint density at radius 1 is 1.33 bits per heavy atom. The van der Waals surface area contributed by atoms with Crippen LogP contribution in [0.2, 0.25) is 0 Å². The highest BCUT2D eigenvalue weighted by molar-refractivity contribution is 5.76. The largest absolute Gasteiger partial charge is 0.441 e. The van der Waals surface area contributed by atoms with Crippen molar-refractivity contribution in [1.82, 2.24) is 15.2 Å². The molecule has 1 atom stereocenters. The van der Waals surface area contributed by atoms with Crippen molar-refractivity contribution in [3.8, 4) is 11.3 Å². The van der Waals surface area contributed by atoms with Gasteiger partial charge in [0.05, 0.1) is 31.1 Å². The third kappa shape index (κ3) is 5.85. The Morgan fingerprint density at radius 3 is 2.89 bits per heavy atom. The van der Waals surface area contributed by atoms with Crippen molar-refractivity contribution < 1.29 is 23.4 Å². The van der Waals surface area contributed by atoms with Crippen LogP contribution < -0.4 is 5.32 Å². The molecule has 146 valence electrons. The second-order valence-corrected chi connectivity index (χ2v) is 6.47. The van der Waals surface area contributed by atoms with Gasteiger partial charge in [0.15, 0.2) is 11.7 Å². The van der Waals surface area contributed by atoms with E-state index in [1.54, 1.807) is 18.2 Å². The Kier molecular flexibility index (Phi) is 6.92. The Bertz CT molecular complexity index is 746. The number of hydrogen-bond donors (Lipinski definition) is 2. The summed E-state index contributed by atoms with van der Waals surface area (Å²) in [6.45, 7) is 3.63. The molecule has 2 N–H and O–H groups in total. The topological polar surface area (TPSA) is 87.8 Å². The van der Waals surface area contributed by atoms with E-state index in [9.17, 15) is 14.3 Å². The minimum atomic E-state index is -0.624. The first kappa shape index (κ1) is 19.5. The normalized spacial score (nSPS) is 16.2. The van der Waals surface area contributed by atoms with E-state index in [4.69, 9.17) is 9.15 Å². The molecule has 7 nitrogen and oxygen atoms in total. The molecule has 1 saturated heterocycles. The molecule has 1 aromatic heterocycles. The lowest BCUT2D eigenvalue weighted by Gasteiger charge is -2.28. The van der Waals surface area contributed by atoms with Crippen LogP contribution in [0.4, 0.5) is 4.39 Å². The van der Waals surface area contributed by atoms with E-state index in [0.717, 1.165) is 13.1 Å². The van der Waals surface area contributed by atoms with E-state index in [-0.39, 0.29) is 24.7 Å². The number of halogens is 1. The van der Waals surface area contributed by atoms with E-state index >= 15 is 0 Å². The molecular formula is C19H24FN3O4. The van der Waals surface area contributed by atoms with Gasteiger partial charge in [-0.15, -0.1) is 0 Å². The van der Waals surface area contributed by atoms with Gasteiger partial charge in [0.25, 0.3) is 0 Å². The molecule has 0 spiro atoms. The zero-order valence-electron chi connectivity index (χ0n) is 15.1. The number of nitrogens with one attached hydrogen (secondary N) is 1. The molecular weight excluding hydrogens is 353 g/mol. The van der Waals surface area contributed by atoms with E-state index in [2.05, 4.69) is 15.2 Å². The fraction of sp³-hybridized carbons (Fsp3) is 0.474. The van der Waals surface area contributed by atoms with Crippen LogP contribution in [-0.2, 0) is 16.0 Å². The van der Waals surface area contributed by atoms with Crippen molar-refractivity contribution >= 4 is 5.91 Å². The Balaban J connectivity index is 1.40. The maximum absolute atomic E-state index is 13.8. The van der Waals surface area contributed by atoms with Gasteiger partial charge in [-0.25, -0.2) is 9.37 Å². The number of aromatic nitrogens is 1. The predicted octanol–water partition coefficient (Wildman–Crippen LogP) is 1.22. The van der Waals surface area contributed by atoms with E-state index in [1.165, 1.54) is 12.3 Å². The first-order valence-electron chi connectivity index (χ1n) is 9.06. The maximum atomic E-state index is 13.8. The lowest BCUT2D eigenvalue weighted by molar-refractivity contribution is -0.121. The fourth-order valence-corrected chi connectivity index (χ4v) is 2.90. The molecule has 0 aliphatic carbocycles. The summed E-state index contributed by atoms with van der Waals surface area (Å²) in [5.41, 5.74) is 0.340. The molecule has 0 saturated carbocycles. The summed E-state index contributed by atoms with van der Waals surface area (Å²) < 4.78 is 24.5. The quantitative estimate of drug-likeness (QED) is 0.719. The van der Waals surface area contributed by atoms with Crippen molar-refractivity contribution in [1.29, 1.82) is 0 Å². The lowest BCUT2D eigenvalue weighted by Crippen LogP contribution is -2.44. The lowest BCUT2D eigenvalue weighted by atomic mass is 10.2. The molecule has 0 unspecified atom stereocenters. The minimum absolute atomic E-state index is 0.182. The molecule has 1 fully saturated rings. The summed E-state index contributed by atoms with van der Waals surface area (Å²) in [5.74, 6) is 0.135. The fourth-order valence-electron chi connectivity index (χ4n) is 2.90. The monoisotopic (exact) mass is 377 g/mol. The molecule has 3 rings (SSSR count). The van der Waals surface area contributed by atoms with Crippen LogP contribution in [0, 0.1) is 5.82 Å². The molecule has 2 aromatic rings. The van der Waals surface area contributed by atoms with Gasteiger partial charge in [0, 0.05) is 39.0 Å². The zero-order valence-corrected chi connectivity index (χ0v) is 15.1. The second kappa shape index (κ2) is 9.59. The van der Waals surface area contributed by atoms with Gasteiger partial charge in [-0.05, 0) is 12.1 Å². The van der Waals surface area contributed by atoms with Crippen molar-refractivity contribution in [3.63, 3.8) is 0 Å². The van der Waals surface area contributed by atoms with Crippen molar-refractivity contribution in [3.05, 3.63) is 42.2 Å². The van der Waals surface area contributed by atoms with Crippen LogP contribution in [0.15, 0.2) is 34.9 Å². The van der Waals surface area contributed by atoms with Gasteiger partial charge in [-0.3, -0.25) is 9.69 Å². The number of aliphatic hydroxyl groups is 1. The molecule has 1 aromatic carbocycles. The van der Waals surface area contributed by atoms with Gasteiger partial charge in [-0.2, -0.15) is 0 Å². The van der Waals surface area contributed by atoms with Gasteiger partial charge >= 0.3 is 0 Å². The SMILES string of the molecule is O=C(CCc1ncc(-c2ccccc2F)o1)NC[C@H](O)CN1CCOCC1. The molecule has 8 heteroatoms. The average molecular weight is 377 g/mol. The number of hydrogen-bond acceptors (Lipinski definition) is 6. The van der Waals surface area contributed by atoms with Gasteiger partial charge in [0.2, 0.25) is 5.91 Å². The van der Waals surface area contributed by atoms with E-state index in [0.29, 0.717) is 43.4 Å². The van der Waals surface area contributed by atoms with Crippen LogP contribution in [0.5, 0.6) is 0 Å². The number of β-amino-alcohol motifs (C(OH)–C–C–N with tert-alkyl or cyclic N) is 1. The standard InChI is InChI=1S/C19H24FN3O4/c20-16-4-2-1-3-15(16)17-12-22-19(27-17)6-5-18(25)21-11-14(24)13-23-7-9-26-10-8-23/h1-4,12,14,24H,5-11,13H2,(H,21,25)/t14-/m0/s1. The molecule has 0 bridgehead atoms. The summed E-state index contributed by atoms with van der Waals surface area (Å²) in [7, 11) is 0. The molecule has 1 amide bonds. The summed E-state index contributed by atoms with van der Waals surface area (Å²) in [4.78, 5) is 18.2. The molecule has 0 radical (unpaired) electrons. The van der Waals surface area contributed by atoms with Gasteiger partial charge in [-0.1, -0.05) is 12.1 Å². The first-order valence-corrected chi connectivity index (χ1v) is 9.06. The Morgan fingerprint density at radius 2 is 2.11 bits per heavy atom. The first-order chi connectivity index (χ1) is 13.1. The summed E-state index contributed by atoms with van der Waals surface area (Å²) in [6.07, 6.45) is 1.32. The van der Waals surface area contributed by atoms with Crippen molar-refractivity contribution in [2.24, 2.45) is 0 Å². The number of nitrogens with zero attached hydrogens (tertiary/aromatic N) is 2. The van der Waals surface area contributed by atoms with E-state index < -0.39 is 6.10 Å². The van der Waals surface area contributed by atoms with Crippen molar-refractivity contribution in [2.75, 3.05) is 39.4 Å². The van der Waals surface area contributed by atoms with Crippen molar-refractivity contribution in [2.45, 2.75) is 18.9 Å². The smallest absolute Gasteiger partial charge is 0.220 e. The van der Waals surface area contributed by atoms with Crippen LogP contribution in [0.25, 0.3) is 11.3 Å².